The van der Waals surface area contributed by atoms with Crippen LogP contribution in [0.4, 0.5) is 0 Å². The van der Waals surface area contributed by atoms with E-state index in [-0.39, 0.29) is 36.2 Å². The number of aromatic hydroxyl groups is 1. The summed E-state index contributed by atoms with van der Waals surface area (Å²) in [6.45, 7) is 1.27. The van der Waals surface area contributed by atoms with Gasteiger partial charge in [0.15, 0.2) is 0 Å². The molecule has 2 aliphatic heterocycles. The number of aromatic amines is 1. The Morgan fingerprint density at radius 1 is 1.20 bits per heavy atom. The highest BCUT2D eigenvalue weighted by atomic mass is 79.9. The fourth-order valence-electron chi connectivity index (χ4n) is 4.26. The third kappa shape index (κ3) is 3.51. The molecule has 1 fully saturated rings. The smallest absolute Gasteiger partial charge is 0.273 e. The Labute approximate surface area is 188 Å². The standard InChI is InChI=1S/C22H20BrN3O3.ClH/c23-14-9-7-13(8-10-14)21-18-19(16-5-1-2-6-17(16)27)24-25-20(18)22(28)26(21)12-15-4-3-11-29-15;/h1-2,5-10,15,21,27H,3-4,11-12H2,(H,24,25);1H. The number of phenols is 1. The highest BCUT2D eigenvalue weighted by Crippen LogP contribution is 2.44. The van der Waals surface area contributed by atoms with Crippen molar-refractivity contribution in [2.45, 2.75) is 25.0 Å². The van der Waals surface area contributed by atoms with Crippen LogP contribution < -0.4 is 0 Å². The normalized spacial score (nSPS) is 20.3. The van der Waals surface area contributed by atoms with E-state index in [1.165, 1.54) is 0 Å². The summed E-state index contributed by atoms with van der Waals surface area (Å²) in [7, 11) is 0. The number of nitrogens with zero attached hydrogens (tertiary/aromatic N) is 2. The summed E-state index contributed by atoms with van der Waals surface area (Å²) in [5, 5.41) is 17.7. The van der Waals surface area contributed by atoms with E-state index in [2.05, 4.69) is 26.1 Å². The molecule has 1 aromatic heterocycles. The highest BCUT2D eigenvalue weighted by Gasteiger charge is 2.43. The van der Waals surface area contributed by atoms with Crippen LogP contribution >= 0.6 is 28.3 Å². The van der Waals surface area contributed by atoms with Gasteiger partial charge in [0, 0.05) is 28.8 Å². The van der Waals surface area contributed by atoms with Crippen LogP contribution in [0.3, 0.4) is 0 Å². The molecule has 0 saturated carbocycles. The molecule has 2 N–H and O–H groups in total. The van der Waals surface area contributed by atoms with Crippen molar-refractivity contribution in [1.82, 2.24) is 15.1 Å². The zero-order chi connectivity index (χ0) is 20.0. The topological polar surface area (TPSA) is 78.5 Å². The second-order valence-electron chi connectivity index (χ2n) is 7.42. The molecular formula is C22H21BrClN3O3. The average molecular weight is 491 g/mol. The lowest BCUT2D eigenvalue weighted by Gasteiger charge is -2.28. The number of phenolic OH excluding ortho intramolecular Hbond substituents is 1. The maximum Gasteiger partial charge on any atom is 0.273 e. The molecule has 1 amide bonds. The van der Waals surface area contributed by atoms with E-state index in [1.807, 2.05) is 41.3 Å². The third-order valence-corrected chi connectivity index (χ3v) is 6.16. The van der Waals surface area contributed by atoms with E-state index in [9.17, 15) is 9.90 Å². The summed E-state index contributed by atoms with van der Waals surface area (Å²) in [6.07, 6.45) is 2.02. The van der Waals surface area contributed by atoms with E-state index < -0.39 is 0 Å². The van der Waals surface area contributed by atoms with Crippen molar-refractivity contribution >= 4 is 34.2 Å². The summed E-state index contributed by atoms with van der Waals surface area (Å²) in [6, 6.07) is 14.8. The van der Waals surface area contributed by atoms with Gasteiger partial charge in [0.2, 0.25) is 0 Å². The van der Waals surface area contributed by atoms with Gasteiger partial charge in [-0.25, -0.2) is 0 Å². The van der Waals surface area contributed by atoms with Crippen LogP contribution in [0.1, 0.15) is 40.5 Å². The van der Waals surface area contributed by atoms with Gasteiger partial charge in [-0.2, -0.15) is 5.10 Å². The highest BCUT2D eigenvalue weighted by molar-refractivity contribution is 9.10. The second kappa shape index (κ2) is 8.41. The Balaban J connectivity index is 0.00000218. The maximum atomic E-state index is 13.3. The molecule has 3 aromatic rings. The minimum atomic E-state index is -0.289. The van der Waals surface area contributed by atoms with E-state index in [4.69, 9.17) is 4.74 Å². The van der Waals surface area contributed by atoms with Crippen LogP contribution in [0.15, 0.2) is 53.0 Å². The number of halogens is 2. The van der Waals surface area contributed by atoms with E-state index in [0.717, 1.165) is 35.0 Å². The van der Waals surface area contributed by atoms with Gasteiger partial charge in [-0.1, -0.05) is 40.2 Å². The van der Waals surface area contributed by atoms with Crippen molar-refractivity contribution < 1.29 is 14.6 Å². The molecule has 30 heavy (non-hydrogen) atoms. The first-order valence-electron chi connectivity index (χ1n) is 9.68. The maximum absolute atomic E-state index is 13.3. The van der Waals surface area contributed by atoms with Crippen LogP contribution in [0.25, 0.3) is 11.3 Å². The van der Waals surface area contributed by atoms with Gasteiger partial charge < -0.3 is 14.7 Å². The van der Waals surface area contributed by atoms with Crippen LogP contribution in [0.5, 0.6) is 5.75 Å². The summed E-state index contributed by atoms with van der Waals surface area (Å²) in [5.74, 6) is 0.0546. The molecule has 6 nitrogen and oxygen atoms in total. The van der Waals surface area contributed by atoms with Crippen LogP contribution in [-0.4, -0.2) is 45.4 Å². The SMILES string of the molecule is Cl.O=C1c2[nH]nc(-c3ccccc3O)c2C(c2ccc(Br)cc2)N1CC1CCCO1. The first kappa shape index (κ1) is 20.9. The van der Waals surface area contributed by atoms with Gasteiger partial charge in [0.1, 0.15) is 17.1 Å². The predicted molar refractivity (Wildman–Crippen MR) is 119 cm³/mol. The minimum Gasteiger partial charge on any atom is -0.507 e. The number of hydrogen-bond acceptors (Lipinski definition) is 4. The number of ether oxygens (including phenoxy) is 1. The zero-order valence-electron chi connectivity index (χ0n) is 16.0. The summed E-state index contributed by atoms with van der Waals surface area (Å²) in [5.41, 5.74) is 3.50. The first-order chi connectivity index (χ1) is 14.1. The van der Waals surface area contributed by atoms with Crippen LogP contribution in [-0.2, 0) is 4.74 Å². The largest absolute Gasteiger partial charge is 0.507 e. The number of H-pyrrole nitrogens is 1. The number of hydrogen-bond donors (Lipinski definition) is 2. The van der Waals surface area contributed by atoms with Crippen LogP contribution in [0.2, 0.25) is 0 Å². The number of nitrogens with one attached hydrogen (secondary N) is 1. The lowest BCUT2D eigenvalue weighted by molar-refractivity contribution is 0.0495. The number of para-hydroxylation sites is 1. The molecule has 2 atom stereocenters. The summed E-state index contributed by atoms with van der Waals surface area (Å²) < 4.78 is 6.79. The van der Waals surface area contributed by atoms with E-state index >= 15 is 0 Å². The summed E-state index contributed by atoms with van der Waals surface area (Å²) >= 11 is 3.48. The second-order valence-corrected chi connectivity index (χ2v) is 8.34. The monoisotopic (exact) mass is 489 g/mol. The number of carbonyl (C=O) groups excluding carboxylic acids is 1. The molecule has 8 heteroatoms. The van der Waals surface area contributed by atoms with Gasteiger partial charge in [-0.05, 0) is 42.7 Å². The first-order valence-corrected chi connectivity index (χ1v) is 10.5. The number of benzene rings is 2. The predicted octanol–water partition coefficient (Wildman–Crippen LogP) is 4.69. The van der Waals surface area contributed by atoms with Gasteiger partial charge in [-0.15, -0.1) is 12.4 Å². The molecule has 0 aliphatic carbocycles. The molecule has 156 valence electrons. The number of amides is 1. The molecule has 2 aliphatic rings. The number of aromatic nitrogens is 2. The molecule has 0 radical (unpaired) electrons. The van der Waals surface area contributed by atoms with Gasteiger partial charge in [0.05, 0.1) is 12.1 Å². The Morgan fingerprint density at radius 2 is 1.97 bits per heavy atom. The van der Waals surface area contributed by atoms with Gasteiger partial charge in [0.25, 0.3) is 5.91 Å². The molecule has 0 bridgehead atoms. The minimum absolute atomic E-state index is 0. The molecule has 3 heterocycles. The van der Waals surface area contributed by atoms with Crippen molar-refractivity contribution in [2.75, 3.05) is 13.2 Å². The Bertz CT molecular complexity index is 1060. The van der Waals surface area contributed by atoms with Gasteiger partial charge in [-0.3, -0.25) is 9.89 Å². The van der Waals surface area contributed by atoms with E-state index in [0.29, 0.717) is 23.5 Å². The fourth-order valence-corrected chi connectivity index (χ4v) is 4.53. The lowest BCUT2D eigenvalue weighted by Crippen LogP contribution is -2.36. The molecule has 2 unspecified atom stereocenters. The Kier molecular flexibility index (Phi) is 5.86. The quantitative estimate of drug-likeness (QED) is 0.556. The number of carbonyl (C=O) groups is 1. The molecule has 2 aromatic carbocycles. The lowest BCUT2D eigenvalue weighted by atomic mass is 9.95. The molecule has 5 rings (SSSR count). The Morgan fingerprint density at radius 3 is 2.67 bits per heavy atom. The van der Waals surface area contributed by atoms with E-state index in [1.54, 1.807) is 12.1 Å². The average Bonchev–Trinajstić information content (AvgIpc) is 3.44. The van der Waals surface area contributed by atoms with Crippen molar-refractivity contribution in [3.63, 3.8) is 0 Å². The molecule has 0 spiro atoms. The zero-order valence-corrected chi connectivity index (χ0v) is 18.4. The van der Waals surface area contributed by atoms with Crippen molar-refractivity contribution in [2.24, 2.45) is 0 Å². The number of rotatable bonds is 4. The van der Waals surface area contributed by atoms with Crippen molar-refractivity contribution in [3.8, 4) is 17.0 Å². The van der Waals surface area contributed by atoms with Crippen molar-refractivity contribution in [1.29, 1.82) is 0 Å². The molecular weight excluding hydrogens is 470 g/mol. The summed E-state index contributed by atoms with van der Waals surface area (Å²) in [4.78, 5) is 15.2. The number of fused-ring (bicyclic) bond motifs is 1. The van der Waals surface area contributed by atoms with Gasteiger partial charge >= 0.3 is 0 Å². The Hall–Kier alpha value is -2.35. The van der Waals surface area contributed by atoms with Crippen molar-refractivity contribution in [3.05, 3.63) is 69.8 Å². The third-order valence-electron chi connectivity index (χ3n) is 5.63. The molecule has 1 saturated heterocycles. The van der Waals surface area contributed by atoms with Crippen LogP contribution in [0, 0.1) is 0 Å². The fraction of sp³-hybridized carbons (Fsp3) is 0.273.